The lowest BCUT2D eigenvalue weighted by molar-refractivity contribution is -0.123. The predicted octanol–water partition coefficient (Wildman–Crippen LogP) is 5.83. The Kier molecular flexibility index (Phi) is 8.30. The number of carbonyl (C=O) groups is 2. The summed E-state index contributed by atoms with van der Waals surface area (Å²) in [7, 11) is 0. The number of anilines is 1. The zero-order chi connectivity index (χ0) is 27.2. The van der Waals surface area contributed by atoms with Gasteiger partial charge in [0.1, 0.15) is 30.8 Å². The first kappa shape index (κ1) is 26.5. The van der Waals surface area contributed by atoms with E-state index < -0.39 is 17.8 Å². The number of amides is 2. The van der Waals surface area contributed by atoms with E-state index >= 15 is 0 Å². The summed E-state index contributed by atoms with van der Waals surface area (Å²) in [6, 6.07) is 16.8. The molecule has 3 aromatic carbocycles. The Labute approximate surface area is 227 Å². The highest BCUT2D eigenvalue weighted by molar-refractivity contribution is 6.11. The number of halogens is 1. The van der Waals surface area contributed by atoms with Crippen LogP contribution >= 0.6 is 0 Å². The van der Waals surface area contributed by atoms with Gasteiger partial charge >= 0.3 is 0 Å². The van der Waals surface area contributed by atoms with Crippen molar-refractivity contribution in [2.24, 2.45) is 0 Å². The summed E-state index contributed by atoms with van der Waals surface area (Å²) in [6.07, 6.45) is 4.99. The van der Waals surface area contributed by atoms with Crippen LogP contribution in [0.4, 0.5) is 10.1 Å². The van der Waals surface area contributed by atoms with Gasteiger partial charge in [0.25, 0.3) is 5.91 Å². The van der Waals surface area contributed by atoms with Crippen molar-refractivity contribution in [3.8, 4) is 17.2 Å². The number of ether oxygens (including phenoxy) is 3. The van der Waals surface area contributed by atoms with Crippen LogP contribution in [0, 0.1) is 5.82 Å². The third kappa shape index (κ3) is 6.00. The van der Waals surface area contributed by atoms with Crippen LogP contribution in [0.3, 0.4) is 0 Å². The molecule has 1 aliphatic carbocycles. The van der Waals surface area contributed by atoms with E-state index in [1.807, 2.05) is 13.0 Å². The molecule has 1 atom stereocenters. The van der Waals surface area contributed by atoms with Crippen LogP contribution in [0.15, 0.2) is 66.7 Å². The third-order valence-corrected chi connectivity index (χ3v) is 7.08. The molecule has 1 aliphatic heterocycles. The van der Waals surface area contributed by atoms with Crippen molar-refractivity contribution in [1.29, 1.82) is 0 Å². The molecule has 204 valence electrons. The first-order chi connectivity index (χ1) is 19.0. The van der Waals surface area contributed by atoms with Gasteiger partial charge in [-0.3, -0.25) is 14.5 Å². The smallest absolute Gasteiger partial charge is 0.259 e. The number of nitrogens with one attached hydrogen (secondary N) is 1. The maximum Gasteiger partial charge on any atom is 0.259 e. The first-order valence-corrected chi connectivity index (χ1v) is 13.6. The van der Waals surface area contributed by atoms with Gasteiger partial charge in [-0.1, -0.05) is 43.5 Å². The largest absolute Gasteiger partial charge is 0.492 e. The van der Waals surface area contributed by atoms with E-state index in [0.717, 1.165) is 32.1 Å². The molecule has 1 unspecified atom stereocenters. The Hall–Kier alpha value is -4.07. The minimum absolute atomic E-state index is 0.0163. The monoisotopic (exact) mass is 532 g/mol. The fourth-order valence-electron chi connectivity index (χ4n) is 5.20. The van der Waals surface area contributed by atoms with E-state index in [1.165, 1.54) is 17.0 Å². The molecule has 1 fully saturated rings. The summed E-state index contributed by atoms with van der Waals surface area (Å²) in [4.78, 5) is 29.9. The Bertz CT molecular complexity index is 1310. The number of nitrogens with zero attached hydrogens (tertiary/aromatic N) is 1. The van der Waals surface area contributed by atoms with Crippen molar-refractivity contribution < 1.29 is 28.2 Å². The molecule has 0 bridgehead atoms. The zero-order valence-electron chi connectivity index (χ0n) is 22.0. The molecule has 1 saturated carbocycles. The minimum atomic E-state index is -1.07. The molecule has 0 aromatic heterocycles. The molecule has 8 heteroatoms. The Morgan fingerprint density at radius 3 is 2.44 bits per heavy atom. The van der Waals surface area contributed by atoms with Crippen LogP contribution in [-0.4, -0.2) is 37.7 Å². The molecule has 2 amide bonds. The molecule has 5 rings (SSSR count). The van der Waals surface area contributed by atoms with Gasteiger partial charge in [0.05, 0.1) is 12.3 Å². The minimum Gasteiger partial charge on any atom is -0.492 e. The van der Waals surface area contributed by atoms with E-state index in [0.29, 0.717) is 53.9 Å². The topological polar surface area (TPSA) is 77.1 Å². The van der Waals surface area contributed by atoms with E-state index in [1.54, 1.807) is 48.5 Å². The molecular formula is C31H33FN2O5. The average molecular weight is 533 g/mol. The standard InChI is InChI=1S/C31H33FN2O5/c1-2-37-26-11-7-6-10-25(26)34(31(36)22-14-17-27-28(20-22)39-19-18-38-27)29(21-12-15-23(32)16-13-21)30(35)33-24-8-4-3-5-9-24/h6-7,10-17,20,24,29H,2-5,8-9,18-19H2,1H3,(H,33,35). The predicted molar refractivity (Wildman–Crippen MR) is 146 cm³/mol. The molecule has 1 heterocycles. The normalized spacial score (nSPS) is 15.7. The fraction of sp³-hybridized carbons (Fsp3) is 0.355. The van der Waals surface area contributed by atoms with Crippen molar-refractivity contribution in [3.05, 3.63) is 83.7 Å². The van der Waals surface area contributed by atoms with Crippen LogP contribution in [0.1, 0.15) is 61.0 Å². The van der Waals surface area contributed by atoms with E-state index in [-0.39, 0.29) is 11.9 Å². The first-order valence-electron chi connectivity index (χ1n) is 13.6. The SMILES string of the molecule is CCOc1ccccc1N(C(=O)c1ccc2c(c1)OCCO2)C(C(=O)NC1CCCCC1)c1ccc(F)cc1. The van der Waals surface area contributed by atoms with Gasteiger partial charge in [0, 0.05) is 11.6 Å². The maximum atomic E-state index is 14.4. The maximum absolute atomic E-state index is 14.4. The average Bonchev–Trinajstić information content (AvgIpc) is 2.97. The number of hydrogen-bond acceptors (Lipinski definition) is 5. The van der Waals surface area contributed by atoms with Crippen LogP contribution in [0.2, 0.25) is 0 Å². The second-order valence-corrected chi connectivity index (χ2v) is 9.73. The molecular weight excluding hydrogens is 499 g/mol. The second-order valence-electron chi connectivity index (χ2n) is 9.73. The van der Waals surface area contributed by atoms with Crippen molar-refractivity contribution >= 4 is 17.5 Å². The Balaban J connectivity index is 1.62. The van der Waals surface area contributed by atoms with E-state index in [9.17, 15) is 14.0 Å². The van der Waals surface area contributed by atoms with E-state index in [4.69, 9.17) is 14.2 Å². The number of hydrogen-bond donors (Lipinski definition) is 1. The highest BCUT2D eigenvalue weighted by Gasteiger charge is 2.36. The summed E-state index contributed by atoms with van der Waals surface area (Å²) in [5.74, 6) is 0.311. The summed E-state index contributed by atoms with van der Waals surface area (Å²) in [5.41, 5.74) is 1.25. The quantitative estimate of drug-likeness (QED) is 0.395. The summed E-state index contributed by atoms with van der Waals surface area (Å²) < 4.78 is 31.2. The van der Waals surface area contributed by atoms with Crippen LogP contribution in [-0.2, 0) is 4.79 Å². The van der Waals surface area contributed by atoms with Crippen molar-refractivity contribution in [1.82, 2.24) is 5.32 Å². The van der Waals surface area contributed by atoms with Gasteiger partial charge in [-0.2, -0.15) is 0 Å². The van der Waals surface area contributed by atoms with Gasteiger partial charge in [-0.25, -0.2) is 4.39 Å². The summed E-state index contributed by atoms with van der Waals surface area (Å²) in [5, 5.41) is 3.18. The molecule has 1 N–H and O–H groups in total. The van der Waals surface area contributed by atoms with Crippen LogP contribution < -0.4 is 24.4 Å². The Morgan fingerprint density at radius 1 is 0.974 bits per heavy atom. The lowest BCUT2D eigenvalue weighted by Gasteiger charge is -2.34. The van der Waals surface area contributed by atoms with Gasteiger partial charge in [-0.15, -0.1) is 0 Å². The summed E-state index contributed by atoms with van der Waals surface area (Å²) >= 11 is 0. The lowest BCUT2D eigenvalue weighted by atomic mass is 9.94. The third-order valence-electron chi connectivity index (χ3n) is 7.08. The number of fused-ring (bicyclic) bond motifs is 1. The molecule has 0 saturated heterocycles. The number of benzene rings is 3. The molecule has 7 nitrogen and oxygen atoms in total. The van der Waals surface area contributed by atoms with Gasteiger partial charge in [0.2, 0.25) is 5.91 Å². The molecule has 3 aromatic rings. The Morgan fingerprint density at radius 2 is 1.69 bits per heavy atom. The van der Waals surface area contributed by atoms with Crippen molar-refractivity contribution in [3.63, 3.8) is 0 Å². The van der Waals surface area contributed by atoms with Crippen molar-refractivity contribution in [2.45, 2.75) is 51.1 Å². The fourth-order valence-corrected chi connectivity index (χ4v) is 5.20. The van der Waals surface area contributed by atoms with Gasteiger partial charge in [0.15, 0.2) is 11.5 Å². The van der Waals surface area contributed by atoms with Gasteiger partial charge < -0.3 is 19.5 Å². The highest BCUT2D eigenvalue weighted by atomic mass is 19.1. The second kappa shape index (κ2) is 12.2. The van der Waals surface area contributed by atoms with E-state index in [2.05, 4.69) is 5.32 Å². The number of carbonyl (C=O) groups excluding carboxylic acids is 2. The van der Waals surface area contributed by atoms with Crippen LogP contribution in [0.25, 0.3) is 0 Å². The number of para-hydroxylation sites is 2. The summed E-state index contributed by atoms with van der Waals surface area (Å²) in [6.45, 7) is 3.04. The van der Waals surface area contributed by atoms with Crippen molar-refractivity contribution in [2.75, 3.05) is 24.7 Å². The highest BCUT2D eigenvalue weighted by Crippen LogP contribution is 2.38. The molecule has 0 radical (unpaired) electrons. The zero-order valence-corrected chi connectivity index (χ0v) is 22.0. The molecule has 0 spiro atoms. The van der Waals surface area contributed by atoms with Crippen LogP contribution in [0.5, 0.6) is 17.2 Å². The van der Waals surface area contributed by atoms with Gasteiger partial charge in [-0.05, 0) is 67.8 Å². The molecule has 39 heavy (non-hydrogen) atoms. The molecule has 2 aliphatic rings. The number of rotatable bonds is 8. The lowest BCUT2D eigenvalue weighted by Crippen LogP contribution is -2.47.